The van der Waals surface area contributed by atoms with Gasteiger partial charge in [-0.2, -0.15) is 0 Å². The highest BCUT2D eigenvalue weighted by Crippen LogP contribution is 2.19. The van der Waals surface area contributed by atoms with Crippen molar-refractivity contribution in [3.63, 3.8) is 0 Å². The van der Waals surface area contributed by atoms with Gasteiger partial charge in [-0.05, 0) is 41.7 Å². The number of nitrogens with one attached hydrogen (secondary N) is 1. The Balaban J connectivity index is 1.43. The second-order valence-corrected chi connectivity index (χ2v) is 10.3. The minimum atomic E-state index is -3.41. The molecule has 2 aromatic carbocycles. The third kappa shape index (κ3) is 8.14. The highest BCUT2D eigenvalue weighted by atomic mass is 32.2. The Kier molecular flexibility index (Phi) is 9.29. The van der Waals surface area contributed by atoms with Crippen molar-refractivity contribution in [2.45, 2.75) is 39.3 Å². The molecule has 1 aliphatic rings. The molecule has 8 heteroatoms. The Morgan fingerprint density at radius 3 is 2.21 bits per heavy atom. The van der Waals surface area contributed by atoms with Crippen LogP contribution in [-0.4, -0.2) is 58.3 Å². The van der Waals surface area contributed by atoms with Gasteiger partial charge in [-0.3, -0.25) is 14.0 Å². The summed E-state index contributed by atoms with van der Waals surface area (Å²) < 4.78 is 31.2. The Morgan fingerprint density at radius 2 is 1.61 bits per heavy atom. The zero-order chi connectivity index (χ0) is 23.7. The van der Waals surface area contributed by atoms with Crippen LogP contribution in [0.5, 0.6) is 0 Å². The predicted molar refractivity (Wildman–Crippen MR) is 132 cm³/mol. The highest BCUT2D eigenvalue weighted by molar-refractivity contribution is 7.92. The summed E-state index contributed by atoms with van der Waals surface area (Å²) in [6.45, 7) is 7.19. The predicted octanol–water partition coefficient (Wildman–Crippen LogP) is 2.94. The van der Waals surface area contributed by atoms with Crippen LogP contribution >= 0.6 is 0 Å². The number of morpholine rings is 1. The largest absolute Gasteiger partial charge is 0.379 e. The van der Waals surface area contributed by atoms with Gasteiger partial charge in [0.1, 0.15) is 0 Å². The summed E-state index contributed by atoms with van der Waals surface area (Å²) >= 11 is 0. The molecule has 1 saturated heterocycles. The van der Waals surface area contributed by atoms with Crippen molar-refractivity contribution in [2.75, 3.05) is 43.4 Å². The SMILES string of the molecule is CCc1ccc(N(CCCC(=O)NCc2ccc(CN3CCOCC3)cc2)S(C)(=O)=O)cc1. The van der Waals surface area contributed by atoms with Gasteiger partial charge in [-0.1, -0.05) is 43.3 Å². The molecule has 1 fully saturated rings. The quantitative estimate of drug-likeness (QED) is 0.543. The van der Waals surface area contributed by atoms with Crippen LogP contribution in [0, 0.1) is 0 Å². The van der Waals surface area contributed by atoms with Gasteiger partial charge in [0.25, 0.3) is 0 Å². The van der Waals surface area contributed by atoms with Gasteiger partial charge in [0, 0.05) is 39.1 Å². The molecule has 7 nitrogen and oxygen atoms in total. The summed E-state index contributed by atoms with van der Waals surface area (Å²) in [4.78, 5) is 14.7. The van der Waals surface area contributed by atoms with Crippen LogP contribution in [0.2, 0.25) is 0 Å². The van der Waals surface area contributed by atoms with Crippen molar-refractivity contribution in [2.24, 2.45) is 0 Å². The molecule has 180 valence electrons. The van der Waals surface area contributed by atoms with Crippen molar-refractivity contribution >= 4 is 21.6 Å². The van der Waals surface area contributed by atoms with Crippen molar-refractivity contribution in [1.82, 2.24) is 10.2 Å². The molecule has 2 aromatic rings. The topological polar surface area (TPSA) is 79.0 Å². The normalized spacial score (nSPS) is 14.7. The molecule has 0 bridgehead atoms. The van der Waals surface area contributed by atoms with Gasteiger partial charge in [-0.15, -0.1) is 0 Å². The smallest absolute Gasteiger partial charge is 0.232 e. The van der Waals surface area contributed by atoms with Gasteiger partial charge in [-0.25, -0.2) is 8.42 Å². The molecule has 1 aliphatic heterocycles. The molecule has 0 spiro atoms. The first-order valence-corrected chi connectivity index (χ1v) is 13.4. The molecule has 0 saturated carbocycles. The fraction of sp³-hybridized carbons (Fsp3) is 0.480. The van der Waals surface area contributed by atoms with E-state index in [1.165, 1.54) is 16.1 Å². The fourth-order valence-corrected chi connectivity index (χ4v) is 4.80. The number of carbonyl (C=O) groups is 1. The van der Waals surface area contributed by atoms with Gasteiger partial charge < -0.3 is 10.1 Å². The number of hydrogen-bond donors (Lipinski definition) is 1. The van der Waals surface area contributed by atoms with Crippen LogP contribution in [0.4, 0.5) is 5.69 Å². The number of ether oxygens (including phenoxy) is 1. The maximum atomic E-state index is 12.3. The first kappa shape index (κ1) is 25.2. The highest BCUT2D eigenvalue weighted by Gasteiger charge is 2.17. The molecule has 1 heterocycles. The Hall–Kier alpha value is -2.42. The van der Waals surface area contributed by atoms with E-state index in [9.17, 15) is 13.2 Å². The first-order valence-electron chi connectivity index (χ1n) is 11.6. The average Bonchev–Trinajstić information content (AvgIpc) is 2.81. The molecule has 0 unspecified atom stereocenters. The van der Waals surface area contributed by atoms with Gasteiger partial charge in [0.15, 0.2) is 0 Å². The molecule has 33 heavy (non-hydrogen) atoms. The van der Waals surface area contributed by atoms with E-state index in [1.807, 2.05) is 36.4 Å². The Bertz CT molecular complexity index is 985. The van der Waals surface area contributed by atoms with E-state index < -0.39 is 10.0 Å². The number of amides is 1. The van der Waals surface area contributed by atoms with Crippen LogP contribution < -0.4 is 9.62 Å². The third-order valence-electron chi connectivity index (χ3n) is 5.82. The molecular weight excluding hydrogens is 438 g/mol. The standard InChI is InChI=1S/C25H35N3O4S/c1-3-21-10-12-24(13-11-21)28(33(2,30)31)14-4-5-25(29)26-19-22-6-8-23(9-7-22)20-27-15-17-32-18-16-27/h6-13H,3-5,14-20H2,1-2H3,(H,26,29). The minimum Gasteiger partial charge on any atom is -0.379 e. The van der Waals surface area contributed by atoms with E-state index in [2.05, 4.69) is 29.3 Å². The number of benzene rings is 2. The number of nitrogens with zero attached hydrogens (tertiary/aromatic N) is 2. The molecule has 1 amide bonds. The lowest BCUT2D eigenvalue weighted by atomic mass is 10.1. The molecule has 0 atom stereocenters. The number of sulfonamides is 1. The molecule has 0 radical (unpaired) electrons. The number of anilines is 1. The van der Waals surface area contributed by atoms with Crippen molar-refractivity contribution in [3.8, 4) is 0 Å². The minimum absolute atomic E-state index is 0.0813. The van der Waals surface area contributed by atoms with E-state index in [-0.39, 0.29) is 18.9 Å². The monoisotopic (exact) mass is 473 g/mol. The van der Waals surface area contributed by atoms with Gasteiger partial charge >= 0.3 is 0 Å². The maximum absolute atomic E-state index is 12.3. The van der Waals surface area contributed by atoms with Crippen molar-refractivity contribution in [1.29, 1.82) is 0 Å². The van der Waals surface area contributed by atoms with Crippen molar-refractivity contribution in [3.05, 3.63) is 65.2 Å². The van der Waals surface area contributed by atoms with E-state index in [0.717, 1.165) is 50.4 Å². The molecular formula is C25H35N3O4S. The van der Waals surface area contributed by atoms with E-state index in [1.54, 1.807) is 0 Å². The summed E-state index contributed by atoms with van der Waals surface area (Å²) in [5.74, 6) is -0.0813. The lowest BCUT2D eigenvalue weighted by molar-refractivity contribution is -0.121. The molecule has 0 aromatic heterocycles. The zero-order valence-electron chi connectivity index (χ0n) is 19.6. The lowest BCUT2D eigenvalue weighted by Crippen LogP contribution is -2.35. The average molecular weight is 474 g/mol. The second-order valence-electron chi connectivity index (χ2n) is 8.44. The zero-order valence-corrected chi connectivity index (χ0v) is 20.4. The van der Waals surface area contributed by atoms with Crippen LogP contribution in [0.1, 0.15) is 36.5 Å². The van der Waals surface area contributed by atoms with Crippen LogP contribution in [0.3, 0.4) is 0 Å². The Morgan fingerprint density at radius 1 is 1.00 bits per heavy atom. The van der Waals surface area contributed by atoms with E-state index >= 15 is 0 Å². The second kappa shape index (κ2) is 12.2. The summed E-state index contributed by atoms with van der Waals surface area (Å²) in [5.41, 5.74) is 4.08. The Labute approximate surface area is 197 Å². The van der Waals surface area contributed by atoms with E-state index in [0.29, 0.717) is 18.7 Å². The number of aryl methyl sites for hydroxylation is 1. The van der Waals surface area contributed by atoms with Gasteiger partial charge in [0.05, 0.1) is 25.2 Å². The molecule has 1 N–H and O–H groups in total. The van der Waals surface area contributed by atoms with Crippen LogP contribution in [-0.2, 0) is 39.1 Å². The summed E-state index contributed by atoms with van der Waals surface area (Å²) in [6, 6.07) is 15.8. The number of rotatable bonds is 11. The summed E-state index contributed by atoms with van der Waals surface area (Å²) in [6.07, 6.45) is 2.82. The molecule has 0 aliphatic carbocycles. The van der Waals surface area contributed by atoms with Crippen LogP contribution in [0.15, 0.2) is 48.5 Å². The third-order valence-corrected chi connectivity index (χ3v) is 7.01. The van der Waals surface area contributed by atoms with Gasteiger partial charge in [0.2, 0.25) is 15.9 Å². The lowest BCUT2D eigenvalue weighted by Gasteiger charge is -2.26. The molecule has 3 rings (SSSR count). The fourth-order valence-electron chi connectivity index (χ4n) is 3.84. The first-order chi connectivity index (χ1) is 15.8. The number of hydrogen-bond acceptors (Lipinski definition) is 5. The maximum Gasteiger partial charge on any atom is 0.232 e. The van der Waals surface area contributed by atoms with Crippen LogP contribution in [0.25, 0.3) is 0 Å². The summed E-state index contributed by atoms with van der Waals surface area (Å²) in [7, 11) is -3.41. The number of carbonyl (C=O) groups excluding carboxylic acids is 1. The summed E-state index contributed by atoms with van der Waals surface area (Å²) in [5, 5.41) is 2.93. The van der Waals surface area contributed by atoms with E-state index in [4.69, 9.17) is 4.74 Å². The van der Waals surface area contributed by atoms with Crippen molar-refractivity contribution < 1.29 is 17.9 Å².